The number of nitrogens with zero attached hydrogens (tertiary/aromatic N) is 1. The molecule has 2 rings (SSSR count). The molecule has 0 fully saturated rings. The molecule has 0 N–H and O–H groups in total. The van der Waals surface area contributed by atoms with Crippen molar-refractivity contribution in [1.82, 2.24) is 4.90 Å². The van der Waals surface area contributed by atoms with Gasteiger partial charge in [0.15, 0.2) is 0 Å². The van der Waals surface area contributed by atoms with Crippen LogP contribution in [0.4, 0.5) is 4.39 Å². The molecule has 4 heteroatoms. The Kier molecular flexibility index (Phi) is 4.74. The molecule has 0 aliphatic heterocycles. The first-order chi connectivity index (χ1) is 9.58. The van der Waals surface area contributed by atoms with Gasteiger partial charge in [0, 0.05) is 24.2 Å². The summed E-state index contributed by atoms with van der Waals surface area (Å²) in [6, 6.07) is 14.1. The molecule has 0 aromatic heterocycles. The maximum Gasteiger partial charge on any atom is 0.227 e. The summed E-state index contributed by atoms with van der Waals surface area (Å²) in [5.41, 5.74) is 1.28. The van der Waals surface area contributed by atoms with Crippen LogP contribution in [0.2, 0.25) is 5.02 Å². The van der Waals surface area contributed by atoms with Crippen molar-refractivity contribution in [2.75, 3.05) is 7.05 Å². The van der Waals surface area contributed by atoms with E-state index in [1.807, 2.05) is 30.3 Å². The van der Waals surface area contributed by atoms with E-state index in [9.17, 15) is 9.18 Å². The first kappa shape index (κ1) is 14.5. The van der Waals surface area contributed by atoms with Gasteiger partial charge < -0.3 is 4.90 Å². The van der Waals surface area contributed by atoms with E-state index in [1.54, 1.807) is 18.0 Å². The van der Waals surface area contributed by atoms with Crippen LogP contribution in [-0.4, -0.2) is 17.9 Å². The average Bonchev–Trinajstić information content (AvgIpc) is 2.44. The van der Waals surface area contributed by atoms with Gasteiger partial charge in [0.05, 0.1) is 6.42 Å². The minimum atomic E-state index is -0.445. The van der Waals surface area contributed by atoms with Crippen LogP contribution in [0.3, 0.4) is 0 Å². The van der Waals surface area contributed by atoms with Crippen LogP contribution in [0.5, 0.6) is 0 Å². The van der Waals surface area contributed by atoms with E-state index in [0.717, 1.165) is 5.56 Å². The molecule has 0 aliphatic rings. The summed E-state index contributed by atoms with van der Waals surface area (Å²) >= 11 is 5.93. The highest BCUT2D eigenvalue weighted by molar-refractivity contribution is 6.31. The summed E-state index contributed by atoms with van der Waals surface area (Å²) in [4.78, 5) is 13.7. The molecular formula is C16H15ClFNO. The molecule has 0 saturated carbocycles. The van der Waals surface area contributed by atoms with E-state index in [-0.39, 0.29) is 22.9 Å². The highest BCUT2D eigenvalue weighted by Gasteiger charge is 2.15. The van der Waals surface area contributed by atoms with E-state index in [0.29, 0.717) is 6.54 Å². The number of carbonyl (C=O) groups is 1. The predicted octanol–water partition coefficient (Wildman–Crippen LogP) is 3.68. The van der Waals surface area contributed by atoms with E-state index < -0.39 is 5.82 Å². The van der Waals surface area contributed by atoms with E-state index in [4.69, 9.17) is 11.6 Å². The number of likely N-dealkylation sites (N-methyl/N-ethyl adjacent to an activating group) is 1. The molecule has 0 atom stereocenters. The SMILES string of the molecule is CN(Cc1ccccc1)C(=O)Cc1c(F)cccc1Cl. The van der Waals surface area contributed by atoms with E-state index in [1.165, 1.54) is 12.1 Å². The van der Waals surface area contributed by atoms with Crippen molar-refractivity contribution in [2.45, 2.75) is 13.0 Å². The van der Waals surface area contributed by atoms with Gasteiger partial charge in [-0.05, 0) is 17.7 Å². The van der Waals surface area contributed by atoms with Gasteiger partial charge in [0.2, 0.25) is 5.91 Å². The number of halogens is 2. The number of benzene rings is 2. The standard InChI is InChI=1S/C16H15ClFNO/c1-19(11-12-6-3-2-4-7-12)16(20)10-13-14(17)8-5-9-15(13)18/h2-9H,10-11H2,1H3. The second kappa shape index (κ2) is 6.53. The third-order valence-corrected chi connectivity index (χ3v) is 3.43. The molecule has 0 radical (unpaired) electrons. The van der Waals surface area contributed by atoms with Gasteiger partial charge in [-0.25, -0.2) is 4.39 Å². The third kappa shape index (κ3) is 3.58. The normalized spacial score (nSPS) is 10.3. The van der Waals surface area contributed by atoms with Crippen LogP contribution in [0.15, 0.2) is 48.5 Å². The van der Waals surface area contributed by atoms with Crippen molar-refractivity contribution in [3.05, 3.63) is 70.5 Å². The summed E-state index contributed by atoms with van der Waals surface area (Å²) in [7, 11) is 1.70. The zero-order valence-corrected chi connectivity index (χ0v) is 11.9. The Hall–Kier alpha value is -1.87. The zero-order valence-electron chi connectivity index (χ0n) is 11.1. The number of hydrogen-bond donors (Lipinski definition) is 0. The van der Waals surface area contributed by atoms with Gasteiger partial charge in [-0.1, -0.05) is 48.0 Å². The van der Waals surface area contributed by atoms with Gasteiger partial charge >= 0.3 is 0 Å². The lowest BCUT2D eigenvalue weighted by atomic mass is 10.1. The Balaban J connectivity index is 2.05. The lowest BCUT2D eigenvalue weighted by Crippen LogP contribution is -2.28. The van der Waals surface area contributed by atoms with Gasteiger partial charge in [-0.15, -0.1) is 0 Å². The molecule has 1 amide bonds. The topological polar surface area (TPSA) is 20.3 Å². The second-order valence-electron chi connectivity index (χ2n) is 4.61. The van der Waals surface area contributed by atoms with Crippen LogP contribution in [0.25, 0.3) is 0 Å². The lowest BCUT2D eigenvalue weighted by Gasteiger charge is -2.18. The van der Waals surface area contributed by atoms with Crippen LogP contribution in [-0.2, 0) is 17.8 Å². The maximum absolute atomic E-state index is 13.6. The molecule has 0 heterocycles. The first-order valence-corrected chi connectivity index (χ1v) is 6.66. The van der Waals surface area contributed by atoms with Gasteiger partial charge in [-0.2, -0.15) is 0 Å². The monoisotopic (exact) mass is 291 g/mol. The molecule has 20 heavy (non-hydrogen) atoms. The molecule has 2 aromatic rings. The largest absolute Gasteiger partial charge is 0.341 e. The van der Waals surface area contributed by atoms with Crippen LogP contribution < -0.4 is 0 Å². The summed E-state index contributed by atoms with van der Waals surface area (Å²) in [6.45, 7) is 0.492. The molecule has 0 spiro atoms. The van der Waals surface area contributed by atoms with Crippen LogP contribution >= 0.6 is 11.6 Å². The van der Waals surface area contributed by atoms with Crippen molar-refractivity contribution in [2.24, 2.45) is 0 Å². The van der Waals surface area contributed by atoms with E-state index >= 15 is 0 Å². The Morgan fingerprint density at radius 1 is 1.15 bits per heavy atom. The molecule has 2 nitrogen and oxygen atoms in total. The zero-order chi connectivity index (χ0) is 14.5. The predicted molar refractivity (Wildman–Crippen MR) is 78.0 cm³/mol. The van der Waals surface area contributed by atoms with Gasteiger partial charge in [0.1, 0.15) is 5.82 Å². The highest BCUT2D eigenvalue weighted by Crippen LogP contribution is 2.20. The number of rotatable bonds is 4. The van der Waals surface area contributed by atoms with Gasteiger partial charge in [-0.3, -0.25) is 4.79 Å². The van der Waals surface area contributed by atoms with Crippen molar-refractivity contribution in [3.63, 3.8) is 0 Å². The lowest BCUT2D eigenvalue weighted by molar-refractivity contribution is -0.129. The van der Waals surface area contributed by atoms with Crippen molar-refractivity contribution in [3.8, 4) is 0 Å². The van der Waals surface area contributed by atoms with E-state index in [2.05, 4.69) is 0 Å². The van der Waals surface area contributed by atoms with Crippen molar-refractivity contribution < 1.29 is 9.18 Å². The van der Waals surface area contributed by atoms with Gasteiger partial charge in [0.25, 0.3) is 0 Å². The molecule has 0 aliphatic carbocycles. The Bertz CT molecular complexity index is 580. The molecule has 2 aromatic carbocycles. The quantitative estimate of drug-likeness (QED) is 0.841. The molecule has 104 valence electrons. The number of amides is 1. The van der Waals surface area contributed by atoms with Crippen LogP contribution in [0.1, 0.15) is 11.1 Å². The number of carbonyl (C=O) groups excluding carboxylic acids is 1. The average molecular weight is 292 g/mol. The van der Waals surface area contributed by atoms with Crippen molar-refractivity contribution >= 4 is 17.5 Å². The maximum atomic E-state index is 13.6. The molecule has 0 unspecified atom stereocenters. The molecular weight excluding hydrogens is 277 g/mol. The fraction of sp³-hybridized carbons (Fsp3) is 0.188. The molecule has 0 saturated heterocycles. The minimum Gasteiger partial charge on any atom is -0.341 e. The fourth-order valence-corrected chi connectivity index (χ4v) is 2.16. The third-order valence-electron chi connectivity index (χ3n) is 3.08. The summed E-state index contributed by atoms with van der Waals surface area (Å²) in [5.74, 6) is -0.611. The summed E-state index contributed by atoms with van der Waals surface area (Å²) in [6.07, 6.45) is -0.0329. The summed E-state index contributed by atoms with van der Waals surface area (Å²) in [5, 5.41) is 0.284. The van der Waals surface area contributed by atoms with Crippen LogP contribution in [0, 0.1) is 5.82 Å². The fourth-order valence-electron chi connectivity index (χ4n) is 1.93. The Labute approximate surface area is 122 Å². The Morgan fingerprint density at radius 2 is 1.85 bits per heavy atom. The second-order valence-corrected chi connectivity index (χ2v) is 5.02. The Morgan fingerprint density at radius 3 is 2.50 bits per heavy atom. The highest BCUT2D eigenvalue weighted by atomic mass is 35.5. The van der Waals surface area contributed by atoms with Crippen molar-refractivity contribution in [1.29, 1.82) is 0 Å². The number of hydrogen-bond acceptors (Lipinski definition) is 1. The molecule has 0 bridgehead atoms. The summed E-state index contributed by atoms with van der Waals surface area (Å²) < 4.78 is 13.6. The minimum absolute atomic E-state index is 0.0329. The first-order valence-electron chi connectivity index (χ1n) is 6.28. The smallest absolute Gasteiger partial charge is 0.227 e.